The molecule has 0 bridgehead atoms. The molecule has 15 heavy (non-hydrogen) atoms. The third-order valence-corrected chi connectivity index (χ3v) is 4.93. The van der Waals surface area contributed by atoms with Gasteiger partial charge in [-0.3, -0.25) is 0 Å². The first-order valence-electron chi connectivity index (χ1n) is 4.91. The minimum absolute atomic E-state index is 0.0739. The first-order chi connectivity index (χ1) is 7.11. The van der Waals surface area contributed by atoms with Crippen molar-refractivity contribution in [2.24, 2.45) is 11.7 Å². The fraction of sp³-hybridized carbons (Fsp3) is 0.455. The first-order valence-corrected chi connectivity index (χ1v) is 6.82. The van der Waals surface area contributed by atoms with E-state index >= 15 is 0 Å². The lowest BCUT2D eigenvalue weighted by molar-refractivity contribution is 0.524. The summed E-state index contributed by atoms with van der Waals surface area (Å²) >= 11 is 14.1. The second-order valence-electron chi connectivity index (χ2n) is 3.95. The second-order valence-corrected chi connectivity index (χ2v) is 5.76. The van der Waals surface area contributed by atoms with Gasteiger partial charge in [-0.25, -0.2) is 0 Å². The van der Waals surface area contributed by atoms with E-state index in [0.29, 0.717) is 16.0 Å². The van der Waals surface area contributed by atoms with Crippen LogP contribution in [-0.4, -0.2) is 5.75 Å². The smallest absolute Gasteiger partial charge is 0.0636 e. The zero-order valence-electron chi connectivity index (χ0n) is 8.47. The zero-order chi connectivity index (χ0) is 11.0. The molecular weight excluding hydrogens is 249 g/mol. The van der Waals surface area contributed by atoms with Crippen LogP contribution in [0.4, 0.5) is 0 Å². The standard InChI is InChI=1S/C11H13Cl2NS/c1-6-4-15-5-8-7(11(6)14)2-3-9(12)10(8)13/h2-3,6,11H,4-5,14H2,1H3. The Morgan fingerprint density at radius 2 is 2.13 bits per heavy atom. The third kappa shape index (κ3) is 2.14. The Balaban J connectivity index is 2.53. The van der Waals surface area contributed by atoms with Gasteiger partial charge in [-0.2, -0.15) is 11.8 Å². The molecule has 1 heterocycles. The van der Waals surface area contributed by atoms with E-state index in [1.54, 1.807) is 0 Å². The highest BCUT2D eigenvalue weighted by Gasteiger charge is 2.23. The quantitative estimate of drug-likeness (QED) is 0.768. The van der Waals surface area contributed by atoms with Gasteiger partial charge in [0, 0.05) is 11.8 Å². The molecule has 0 saturated carbocycles. The second kappa shape index (κ2) is 4.54. The molecule has 2 atom stereocenters. The van der Waals surface area contributed by atoms with Crippen LogP contribution in [0.2, 0.25) is 10.0 Å². The van der Waals surface area contributed by atoms with Gasteiger partial charge in [0.2, 0.25) is 0 Å². The highest BCUT2D eigenvalue weighted by Crippen LogP contribution is 2.39. The maximum absolute atomic E-state index is 6.20. The molecule has 1 aromatic rings. The van der Waals surface area contributed by atoms with Crippen molar-refractivity contribution >= 4 is 35.0 Å². The van der Waals surface area contributed by atoms with Crippen LogP contribution in [0, 0.1) is 5.92 Å². The maximum atomic E-state index is 6.20. The monoisotopic (exact) mass is 261 g/mol. The van der Waals surface area contributed by atoms with Crippen LogP contribution in [0.1, 0.15) is 24.1 Å². The summed E-state index contributed by atoms with van der Waals surface area (Å²) in [6.45, 7) is 2.18. The number of hydrogen-bond acceptors (Lipinski definition) is 2. The molecule has 0 saturated heterocycles. The first kappa shape index (κ1) is 11.6. The fourth-order valence-corrected chi connectivity index (χ4v) is 3.53. The Bertz CT molecular complexity index is 381. The fourth-order valence-electron chi connectivity index (χ4n) is 1.82. The van der Waals surface area contributed by atoms with Crippen LogP contribution in [-0.2, 0) is 5.75 Å². The van der Waals surface area contributed by atoms with Crippen LogP contribution >= 0.6 is 35.0 Å². The van der Waals surface area contributed by atoms with Crippen molar-refractivity contribution in [3.63, 3.8) is 0 Å². The van der Waals surface area contributed by atoms with Gasteiger partial charge in [0.25, 0.3) is 0 Å². The maximum Gasteiger partial charge on any atom is 0.0636 e. The van der Waals surface area contributed by atoms with Gasteiger partial charge in [0.1, 0.15) is 0 Å². The van der Waals surface area contributed by atoms with Crippen LogP contribution < -0.4 is 5.73 Å². The highest BCUT2D eigenvalue weighted by molar-refractivity contribution is 7.98. The van der Waals surface area contributed by atoms with E-state index < -0.39 is 0 Å². The topological polar surface area (TPSA) is 26.0 Å². The number of benzene rings is 1. The van der Waals surface area contributed by atoms with Gasteiger partial charge in [-0.1, -0.05) is 36.2 Å². The predicted molar refractivity (Wildman–Crippen MR) is 68.7 cm³/mol. The van der Waals surface area contributed by atoms with E-state index in [2.05, 4.69) is 6.92 Å². The van der Waals surface area contributed by atoms with E-state index in [1.807, 2.05) is 23.9 Å². The minimum Gasteiger partial charge on any atom is -0.324 e. The largest absolute Gasteiger partial charge is 0.324 e. The summed E-state index contributed by atoms with van der Waals surface area (Å²) in [5.74, 6) is 2.46. The number of rotatable bonds is 0. The van der Waals surface area contributed by atoms with Gasteiger partial charge < -0.3 is 5.73 Å². The van der Waals surface area contributed by atoms with Crippen molar-refractivity contribution in [2.75, 3.05) is 5.75 Å². The van der Waals surface area contributed by atoms with E-state index in [0.717, 1.165) is 22.6 Å². The molecule has 1 aromatic carbocycles. The van der Waals surface area contributed by atoms with Crippen molar-refractivity contribution in [3.05, 3.63) is 33.3 Å². The van der Waals surface area contributed by atoms with Crippen molar-refractivity contribution in [1.29, 1.82) is 0 Å². The summed E-state index contributed by atoms with van der Waals surface area (Å²) in [5.41, 5.74) is 8.46. The van der Waals surface area contributed by atoms with Gasteiger partial charge in [0.15, 0.2) is 0 Å². The van der Waals surface area contributed by atoms with Crippen LogP contribution in [0.3, 0.4) is 0 Å². The molecule has 82 valence electrons. The molecule has 2 N–H and O–H groups in total. The number of hydrogen-bond donors (Lipinski definition) is 1. The third-order valence-electron chi connectivity index (χ3n) is 2.83. The van der Waals surface area contributed by atoms with Gasteiger partial charge in [-0.05, 0) is 28.9 Å². The van der Waals surface area contributed by atoms with Crippen molar-refractivity contribution in [1.82, 2.24) is 0 Å². The molecule has 1 aliphatic heterocycles. The summed E-state index contributed by atoms with van der Waals surface area (Å²) < 4.78 is 0. The predicted octanol–water partition coefficient (Wildman–Crippen LogP) is 3.88. The Labute approximate surface area is 104 Å². The lowest BCUT2D eigenvalue weighted by atomic mass is 9.93. The summed E-state index contributed by atoms with van der Waals surface area (Å²) in [5, 5.41) is 1.30. The number of halogens is 2. The van der Waals surface area contributed by atoms with Crippen molar-refractivity contribution in [2.45, 2.75) is 18.7 Å². The SMILES string of the molecule is CC1CSCc2c(ccc(Cl)c2Cl)C1N. The lowest BCUT2D eigenvalue weighted by Crippen LogP contribution is -2.20. The summed E-state index contributed by atoms with van der Waals surface area (Å²) in [7, 11) is 0. The van der Waals surface area contributed by atoms with E-state index in [9.17, 15) is 0 Å². The normalized spacial score (nSPS) is 25.9. The van der Waals surface area contributed by atoms with E-state index in [1.165, 1.54) is 0 Å². The molecule has 0 fully saturated rings. The molecule has 0 aromatic heterocycles. The molecule has 4 heteroatoms. The van der Waals surface area contributed by atoms with Crippen LogP contribution in [0.25, 0.3) is 0 Å². The van der Waals surface area contributed by atoms with Crippen molar-refractivity contribution in [3.8, 4) is 0 Å². The van der Waals surface area contributed by atoms with Gasteiger partial charge >= 0.3 is 0 Å². The number of nitrogens with two attached hydrogens (primary N) is 1. The Morgan fingerprint density at radius 3 is 2.87 bits per heavy atom. The zero-order valence-corrected chi connectivity index (χ0v) is 10.8. The summed E-state index contributed by atoms with van der Waals surface area (Å²) in [4.78, 5) is 0. The molecule has 0 radical (unpaired) electrons. The molecule has 0 aliphatic carbocycles. The van der Waals surface area contributed by atoms with Crippen molar-refractivity contribution < 1.29 is 0 Å². The molecule has 2 unspecified atom stereocenters. The Hall–Kier alpha value is 0.110. The molecular formula is C11H13Cl2NS. The molecule has 1 nitrogen and oxygen atoms in total. The number of fused-ring (bicyclic) bond motifs is 1. The molecule has 0 amide bonds. The lowest BCUT2D eigenvalue weighted by Gasteiger charge is -2.19. The summed E-state index contributed by atoms with van der Waals surface area (Å²) in [6, 6.07) is 3.92. The Morgan fingerprint density at radius 1 is 1.40 bits per heavy atom. The van der Waals surface area contributed by atoms with E-state index in [-0.39, 0.29) is 6.04 Å². The number of thioether (sulfide) groups is 1. The van der Waals surface area contributed by atoms with Gasteiger partial charge in [0.05, 0.1) is 10.0 Å². The molecule has 1 aliphatic rings. The average Bonchev–Trinajstić information content (AvgIpc) is 2.35. The Kier molecular flexibility index (Phi) is 3.51. The van der Waals surface area contributed by atoms with Gasteiger partial charge in [-0.15, -0.1) is 0 Å². The van der Waals surface area contributed by atoms with Crippen LogP contribution in [0.5, 0.6) is 0 Å². The molecule has 2 rings (SSSR count). The molecule has 0 spiro atoms. The minimum atomic E-state index is 0.0739. The highest BCUT2D eigenvalue weighted by atomic mass is 35.5. The van der Waals surface area contributed by atoms with E-state index in [4.69, 9.17) is 28.9 Å². The average molecular weight is 262 g/mol. The van der Waals surface area contributed by atoms with Crippen LogP contribution in [0.15, 0.2) is 12.1 Å². The summed E-state index contributed by atoms with van der Waals surface area (Å²) in [6.07, 6.45) is 0.